The van der Waals surface area contributed by atoms with E-state index in [1.165, 1.54) is 16.5 Å². The Balaban J connectivity index is 2.65. The maximum absolute atomic E-state index is 4.48. The molecule has 0 aliphatic rings. The van der Waals surface area contributed by atoms with Crippen molar-refractivity contribution in [3.8, 4) is 0 Å². The van der Waals surface area contributed by atoms with Gasteiger partial charge in [-0.25, -0.2) is 4.98 Å². The zero-order valence-electron chi connectivity index (χ0n) is 10.8. The fourth-order valence-corrected chi connectivity index (χ4v) is 1.96. The third kappa shape index (κ3) is 1.84. The van der Waals surface area contributed by atoms with Crippen molar-refractivity contribution in [2.45, 2.75) is 46.0 Å². The third-order valence-corrected chi connectivity index (χ3v) is 3.03. The fraction of sp³-hybridized carbons (Fsp3) is 0.500. The van der Waals surface area contributed by atoms with Crippen molar-refractivity contribution in [1.29, 1.82) is 0 Å². The van der Waals surface area contributed by atoms with Crippen molar-refractivity contribution >= 4 is 11.0 Å². The summed E-state index contributed by atoms with van der Waals surface area (Å²) in [5, 5.41) is 1.26. The second-order valence-electron chi connectivity index (χ2n) is 5.77. The summed E-state index contributed by atoms with van der Waals surface area (Å²) in [6, 6.07) is 2.27. The van der Waals surface area contributed by atoms with E-state index in [0.29, 0.717) is 5.92 Å². The second kappa shape index (κ2) is 3.62. The molecule has 0 aromatic carbocycles. The summed E-state index contributed by atoms with van der Waals surface area (Å²) in [6.07, 6.45) is 4.05. The van der Waals surface area contributed by atoms with Crippen molar-refractivity contribution in [2.24, 2.45) is 0 Å². The highest BCUT2D eigenvalue weighted by Crippen LogP contribution is 2.30. The summed E-state index contributed by atoms with van der Waals surface area (Å²) >= 11 is 0. The van der Waals surface area contributed by atoms with Gasteiger partial charge in [-0.1, -0.05) is 34.6 Å². The number of hydrogen-bond donors (Lipinski definition) is 1. The highest BCUT2D eigenvalue weighted by molar-refractivity contribution is 5.81. The zero-order valence-corrected chi connectivity index (χ0v) is 10.8. The maximum Gasteiger partial charge on any atom is 0.137 e. The lowest BCUT2D eigenvalue weighted by molar-refractivity contribution is 0.595. The van der Waals surface area contributed by atoms with Gasteiger partial charge in [-0.2, -0.15) is 0 Å². The van der Waals surface area contributed by atoms with Gasteiger partial charge in [-0.3, -0.25) is 0 Å². The molecule has 0 unspecified atom stereocenters. The molecule has 2 nitrogen and oxygen atoms in total. The Morgan fingerprint density at radius 2 is 1.94 bits per heavy atom. The molecule has 16 heavy (non-hydrogen) atoms. The van der Waals surface area contributed by atoms with Crippen LogP contribution in [0.5, 0.6) is 0 Å². The molecule has 0 radical (unpaired) electrons. The third-order valence-electron chi connectivity index (χ3n) is 3.03. The Labute approximate surface area is 97.1 Å². The van der Waals surface area contributed by atoms with Crippen LogP contribution >= 0.6 is 0 Å². The molecule has 2 aromatic rings. The fourth-order valence-electron chi connectivity index (χ4n) is 1.96. The summed E-state index contributed by atoms with van der Waals surface area (Å²) < 4.78 is 0. The van der Waals surface area contributed by atoms with Gasteiger partial charge >= 0.3 is 0 Å². The average Bonchev–Trinajstić information content (AvgIpc) is 2.58. The quantitative estimate of drug-likeness (QED) is 0.767. The highest BCUT2D eigenvalue weighted by Gasteiger charge is 2.19. The van der Waals surface area contributed by atoms with Crippen LogP contribution in [-0.2, 0) is 5.41 Å². The Hall–Kier alpha value is -1.31. The van der Waals surface area contributed by atoms with Gasteiger partial charge in [0.15, 0.2) is 0 Å². The van der Waals surface area contributed by atoms with E-state index in [-0.39, 0.29) is 5.41 Å². The summed E-state index contributed by atoms with van der Waals surface area (Å²) in [5.74, 6) is 0.527. The minimum absolute atomic E-state index is 0.162. The van der Waals surface area contributed by atoms with Crippen molar-refractivity contribution in [2.75, 3.05) is 0 Å². The predicted octanol–water partition coefficient (Wildman–Crippen LogP) is 3.98. The number of H-pyrrole nitrogens is 1. The summed E-state index contributed by atoms with van der Waals surface area (Å²) in [5.41, 5.74) is 3.81. The van der Waals surface area contributed by atoms with Crippen LogP contribution < -0.4 is 0 Å². The Bertz CT molecular complexity index is 501. The van der Waals surface area contributed by atoms with E-state index in [0.717, 1.165) is 5.65 Å². The molecule has 0 spiro atoms. The number of hydrogen-bond acceptors (Lipinski definition) is 1. The molecule has 2 heteroatoms. The Kier molecular flexibility index (Phi) is 2.53. The van der Waals surface area contributed by atoms with Gasteiger partial charge in [0.25, 0.3) is 0 Å². The van der Waals surface area contributed by atoms with Gasteiger partial charge in [-0.15, -0.1) is 0 Å². The molecule has 0 fully saturated rings. The molecular weight excluding hydrogens is 196 g/mol. The second-order valence-corrected chi connectivity index (χ2v) is 5.77. The number of aromatic amines is 1. The molecule has 0 aliphatic heterocycles. The van der Waals surface area contributed by atoms with Crippen molar-refractivity contribution in [3.63, 3.8) is 0 Å². The van der Waals surface area contributed by atoms with Crippen LogP contribution in [0, 0.1) is 0 Å². The minimum Gasteiger partial charge on any atom is -0.346 e. The number of fused-ring (bicyclic) bond motifs is 1. The largest absolute Gasteiger partial charge is 0.346 e. The monoisotopic (exact) mass is 216 g/mol. The first-order chi connectivity index (χ1) is 7.39. The zero-order chi connectivity index (χ0) is 11.9. The number of rotatable bonds is 1. The van der Waals surface area contributed by atoms with Gasteiger partial charge in [0, 0.05) is 17.8 Å². The van der Waals surface area contributed by atoms with Crippen LogP contribution in [-0.4, -0.2) is 9.97 Å². The number of aromatic nitrogens is 2. The molecule has 86 valence electrons. The molecule has 0 atom stereocenters. The highest BCUT2D eigenvalue weighted by atomic mass is 14.8. The van der Waals surface area contributed by atoms with E-state index in [9.17, 15) is 0 Å². The Morgan fingerprint density at radius 1 is 1.25 bits per heavy atom. The average molecular weight is 216 g/mol. The van der Waals surface area contributed by atoms with Crippen LogP contribution in [0.15, 0.2) is 18.5 Å². The molecule has 0 aliphatic carbocycles. The first-order valence-corrected chi connectivity index (χ1v) is 5.87. The van der Waals surface area contributed by atoms with Gasteiger partial charge in [0.05, 0.1) is 0 Å². The first kappa shape index (κ1) is 11.2. The normalized spacial score (nSPS) is 12.6. The number of pyridine rings is 1. The lowest BCUT2D eigenvalue weighted by Crippen LogP contribution is -2.10. The van der Waals surface area contributed by atoms with Gasteiger partial charge in [0.1, 0.15) is 5.65 Å². The SMILES string of the molecule is CC(C)c1cnc2[nH]cc(C(C)(C)C)c2c1. The van der Waals surface area contributed by atoms with Crippen molar-refractivity contribution in [3.05, 3.63) is 29.6 Å². The number of nitrogens with one attached hydrogen (secondary N) is 1. The van der Waals surface area contributed by atoms with Crippen LogP contribution in [0.1, 0.15) is 51.7 Å². The van der Waals surface area contributed by atoms with Crippen molar-refractivity contribution in [1.82, 2.24) is 9.97 Å². The molecule has 0 saturated heterocycles. The lowest BCUT2D eigenvalue weighted by atomic mass is 9.87. The molecule has 2 aromatic heterocycles. The molecule has 1 N–H and O–H groups in total. The van der Waals surface area contributed by atoms with Gasteiger partial charge < -0.3 is 4.98 Å². The maximum atomic E-state index is 4.48. The van der Waals surface area contributed by atoms with Crippen LogP contribution in [0.25, 0.3) is 11.0 Å². The smallest absolute Gasteiger partial charge is 0.137 e. The Morgan fingerprint density at radius 3 is 2.50 bits per heavy atom. The van der Waals surface area contributed by atoms with Crippen LogP contribution in [0.4, 0.5) is 0 Å². The van der Waals surface area contributed by atoms with E-state index in [1.54, 1.807) is 0 Å². The lowest BCUT2D eigenvalue weighted by Gasteiger charge is -2.17. The standard InChI is InChI=1S/C14H20N2/c1-9(2)10-6-11-12(14(3,4)5)8-16-13(11)15-7-10/h6-9H,1-5H3,(H,15,16). The number of nitrogens with zero attached hydrogens (tertiary/aromatic N) is 1. The van der Waals surface area contributed by atoms with Crippen LogP contribution in [0.2, 0.25) is 0 Å². The van der Waals surface area contributed by atoms with E-state index < -0.39 is 0 Å². The topological polar surface area (TPSA) is 28.7 Å². The predicted molar refractivity (Wildman–Crippen MR) is 68.9 cm³/mol. The van der Waals surface area contributed by atoms with E-state index >= 15 is 0 Å². The van der Waals surface area contributed by atoms with E-state index in [2.05, 4.69) is 56.8 Å². The van der Waals surface area contributed by atoms with Crippen molar-refractivity contribution < 1.29 is 0 Å². The molecule has 2 heterocycles. The molecule has 0 saturated carbocycles. The summed E-state index contributed by atoms with van der Waals surface area (Å²) in [6.45, 7) is 11.1. The summed E-state index contributed by atoms with van der Waals surface area (Å²) in [7, 11) is 0. The molecule has 0 amide bonds. The van der Waals surface area contributed by atoms with Crippen LogP contribution in [0.3, 0.4) is 0 Å². The molecular formula is C14H20N2. The minimum atomic E-state index is 0.162. The summed E-state index contributed by atoms with van der Waals surface area (Å²) in [4.78, 5) is 7.73. The van der Waals surface area contributed by atoms with E-state index in [1.807, 2.05) is 6.20 Å². The van der Waals surface area contributed by atoms with E-state index in [4.69, 9.17) is 0 Å². The van der Waals surface area contributed by atoms with Gasteiger partial charge in [0.2, 0.25) is 0 Å². The molecule has 0 bridgehead atoms. The molecule has 2 rings (SSSR count). The first-order valence-electron chi connectivity index (χ1n) is 5.87. The van der Waals surface area contributed by atoms with Gasteiger partial charge in [-0.05, 0) is 28.5 Å².